The topological polar surface area (TPSA) is 52.6 Å². The van der Waals surface area contributed by atoms with Crippen molar-refractivity contribution in [3.63, 3.8) is 0 Å². The Morgan fingerprint density at radius 2 is 1.66 bits per heavy atom. The smallest absolute Gasteiger partial charge is 0.202 e. The van der Waals surface area contributed by atoms with Gasteiger partial charge >= 0.3 is 0 Å². The standard InChI is InChI=1S/C23H19ClO4S/c24-19-10-12-20(13-11-19)29(25,26)16-28-23-18(14-17-6-2-1-3-7-17)15-27-22-9-5-4-8-21(22)23/h1-14,23H,15-16H2/b18-14+/t23-/m1/s1. The number of para-hydroxylation sites is 1. The summed E-state index contributed by atoms with van der Waals surface area (Å²) in [7, 11) is -3.62. The normalized spacial score (nSPS) is 17.6. The van der Waals surface area contributed by atoms with Crippen molar-refractivity contribution in [2.45, 2.75) is 11.0 Å². The van der Waals surface area contributed by atoms with Crippen LogP contribution in [0.25, 0.3) is 6.08 Å². The molecule has 0 unspecified atom stereocenters. The van der Waals surface area contributed by atoms with Crippen LogP contribution in [0, 0.1) is 0 Å². The summed E-state index contributed by atoms with van der Waals surface area (Å²) in [6.45, 7) is 0.331. The molecule has 1 aliphatic heterocycles. The van der Waals surface area contributed by atoms with Gasteiger partial charge < -0.3 is 9.47 Å². The van der Waals surface area contributed by atoms with Crippen molar-refractivity contribution in [3.8, 4) is 5.75 Å². The Labute approximate surface area is 175 Å². The van der Waals surface area contributed by atoms with Crippen LogP contribution < -0.4 is 4.74 Å². The lowest BCUT2D eigenvalue weighted by Gasteiger charge is -2.28. The highest BCUT2D eigenvalue weighted by atomic mass is 35.5. The van der Waals surface area contributed by atoms with Crippen LogP contribution in [0.1, 0.15) is 17.2 Å². The van der Waals surface area contributed by atoms with E-state index in [9.17, 15) is 8.42 Å². The van der Waals surface area contributed by atoms with Crippen LogP contribution >= 0.6 is 11.6 Å². The van der Waals surface area contributed by atoms with Gasteiger partial charge in [-0.15, -0.1) is 0 Å². The molecule has 0 aliphatic carbocycles. The van der Waals surface area contributed by atoms with Gasteiger partial charge in [-0.25, -0.2) is 8.42 Å². The number of sulfone groups is 1. The van der Waals surface area contributed by atoms with Crippen LogP contribution in [0.4, 0.5) is 0 Å². The molecule has 0 N–H and O–H groups in total. The maximum Gasteiger partial charge on any atom is 0.202 e. The van der Waals surface area contributed by atoms with Gasteiger partial charge in [-0.2, -0.15) is 0 Å². The van der Waals surface area contributed by atoms with Crippen molar-refractivity contribution >= 4 is 27.5 Å². The lowest BCUT2D eigenvalue weighted by atomic mass is 9.96. The second-order valence-corrected chi connectivity index (χ2v) is 9.06. The van der Waals surface area contributed by atoms with E-state index in [-0.39, 0.29) is 4.90 Å². The molecule has 0 saturated carbocycles. The fraction of sp³-hybridized carbons (Fsp3) is 0.130. The van der Waals surface area contributed by atoms with Gasteiger partial charge in [-0.3, -0.25) is 0 Å². The number of halogens is 1. The minimum atomic E-state index is -3.62. The molecule has 0 radical (unpaired) electrons. The van der Waals surface area contributed by atoms with E-state index in [0.29, 0.717) is 17.4 Å². The summed E-state index contributed by atoms with van der Waals surface area (Å²) in [6.07, 6.45) is 1.47. The van der Waals surface area contributed by atoms with Crippen LogP contribution in [0.3, 0.4) is 0 Å². The number of hydrogen-bond donors (Lipinski definition) is 0. The van der Waals surface area contributed by atoms with Gasteiger partial charge in [0.15, 0.2) is 5.94 Å². The molecule has 6 heteroatoms. The third-order valence-corrected chi connectivity index (χ3v) is 6.34. The molecule has 0 spiro atoms. The van der Waals surface area contributed by atoms with E-state index < -0.39 is 21.9 Å². The van der Waals surface area contributed by atoms with E-state index in [0.717, 1.165) is 16.7 Å². The summed E-state index contributed by atoms with van der Waals surface area (Å²) < 4.78 is 37.3. The molecule has 1 heterocycles. The Hall–Kier alpha value is -2.60. The average Bonchev–Trinajstić information content (AvgIpc) is 2.74. The molecule has 29 heavy (non-hydrogen) atoms. The van der Waals surface area contributed by atoms with Crippen molar-refractivity contribution in [1.82, 2.24) is 0 Å². The van der Waals surface area contributed by atoms with Crippen LogP contribution in [-0.4, -0.2) is 21.0 Å². The highest BCUT2D eigenvalue weighted by Gasteiger charge is 2.28. The molecule has 3 aromatic rings. The Balaban J connectivity index is 1.64. The molecule has 1 aliphatic rings. The first-order valence-electron chi connectivity index (χ1n) is 9.10. The van der Waals surface area contributed by atoms with Crippen LogP contribution in [-0.2, 0) is 14.6 Å². The zero-order chi connectivity index (χ0) is 20.3. The van der Waals surface area contributed by atoms with Gasteiger partial charge in [0.1, 0.15) is 18.5 Å². The van der Waals surface area contributed by atoms with Gasteiger partial charge in [-0.1, -0.05) is 60.1 Å². The fourth-order valence-corrected chi connectivity index (χ4v) is 4.34. The first-order chi connectivity index (χ1) is 14.0. The van der Waals surface area contributed by atoms with Gasteiger partial charge in [0.05, 0.1) is 4.90 Å². The first-order valence-corrected chi connectivity index (χ1v) is 11.1. The molecular weight excluding hydrogens is 408 g/mol. The van der Waals surface area contributed by atoms with E-state index >= 15 is 0 Å². The van der Waals surface area contributed by atoms with Crippen LogP contribution in [0.2, 0.25) is 5.02 Å². The summed E-state index contributed by atoms with van der Waals surface area (Å²) in [5.41, 5.74) is 2.67. The Kier molecular flexibility index (Phi) is 5.72. The molecule has 0 fully saturated rings. The summed E-state index contributed by atoms with van der Waals surface area (Å²) in [4.78, 5) is 0.177. The van der Waals surface area contributed by atoms with Crippen molar-refractivity contribution in [1.29, 1.82) is 0 Å². The summed E-state index contributed by atoms with van der Waals surface area (Å²) in [5.74, 6) is 0.256. The number of fused-ring (bicyclic) bond motifs is 1. The highest BCUT2D eigenvalue weighted by molar-refractivity contribution is 7.91. The van der Waals surface area contributed by atoms with Gasteiger partial charge in [-0.05, 0) is 42.0 Å². The van der Waals surface area contributed by atoms with Crippen molar-refractivity contribution < 1.29 is 17.9 Å². The second-order valence-electron chi connectivity index (χ2n) is 6.69. The van der Waals surface area contributed by atoms with E-state index in [2.05, 4.69) is 0 Å². The average molecular weight is 427 g/mol. The van der Waals surface area contributed by atoms with Gasteiger partial charge in [0, 0.05) is 16.2 Å². The number of ether oxygens (including phenoxy) is 2. The molecule has 4 nitrogen and oxygen atoms in total. The summed E-state index contributed by atoms with van der Waals surface area (Å²) >= 11 is 5.87. The Morgan fingerprint density at radius 3 is 2.41 bits per heavy atom. The van der Waals surface area contributed by atoms with Gasteiger partial charge in [0.25, 0.3) is 0 Å². The third-order valence-electron chi connectivity index (χ3n) is 4.65. The van der Waals surface area contributed by atoms with Crippen LogP contribution in [0.15, 0.2) is 89.3 Å². The lowest BCUT2D eigenvalue weighted by Crippen LogP contribution is -2.22. The number of benzene rings is 3. The third kappa shape index (κ3) is 4.53. The van der Waals surface area contributed by atoms with E-state index in [1.807, 2.05) is 60.7 Å². The Morgan fingerprint density at radius 1 is 0.966 bits per heavy atom. The van der Waals surface area contributed by atoms with E-state index in [1.54, 1.807) is 12.1 Å². The molecule has 148 valence electrons. The minimum absolute atomic E-state index is 0.177. The van der Waals surface area contributed by atoms with Crippen molar-refractivity contribution in [3.05, 3.63) is 101 Å². The predicted molar refractivity (Wildman–Crippen MR) is 114 cm³/mol. The van der Waals surface area contributed by atoms with Crippen molar-refractivity contribution in [2.24, 2.45) is 0 Å². The van der Waals surface area contributed by atoms with Gasteiger partial charge in [0.2, 0.25) is 9.84 Å². The maximum absolute atomic E-state index is 12.7. The fourth-order valence-electron chi connectivity index (χ4n) is 3.21. The maximum atomic E-state index is 12.7. The molecule has 0 bridgehead atoms. The molecule has 1 atom stereocenters. The minimum Gasteiger partial charge on any atom is -0.489 e. The van der Waals surface area contributed by atoms with Crippen molar-refractivity contribution in [2.75, 3.05) is 12.5 Å². The van der Waals surface area contributed by atoms with E-state index in [4.69, 9.17) is 21.1 Å². The number of hydrogen-bond acceptors (Lipinski definition) is 4. The zero-order valence-electron chi connectivity index (χ0n) is 15.5. The second kappa shape index (κ2) is 8.41. The molecule has 3 aromatic carbocycles. The lowest BCUT2D eigenvalue weighted by molar-refractivity contribution is 0.0928. The first kappa shape index (κ1) is 19.7. The zero-order valence-corrected chi connectivity index (χ0v) is 17.1. The van der Waals surface area contributed by atoms with E-state index in [1.165, 1.54) is 12.1 Å². The molecule has 0 saturated heterocycles. The Bertz CT molecular complexity index is 1120. The predicted octanol–water partition coefficient (Wildman–Crippen LogP) is 5.31. The highest BCUT2D eigenvalue weighted by Crippen LogP contribution is 2.38. The molecule has 4 rings (SSSR count). The molecule has 0 amide bonds. The molecule has 0 aromatic heterocycles. The van der Waals surface area contributed by atoms with Crippen LogP contribution in [0.5, 0.6) is 5.75 Å². The monoisotopic (exact) mass is 426 g/mol. The SMILES string of the molecule is O=S(=O)(CO[C@@H]1/C(=C/c2ccccc2)COc2ccccc21)c1ccc(Cl)cc1. The summed E-state index contributed by atoms with van der Waals surface area (Å²) in [5, 5.41) is 0.483. The summed E-state index contributed by atoms with van der Waals surface area (Å²) in [6, 6.07) is 23.4. The quantitative estimate of drug-likeness (QED) is 0.555. The largest absolute Gasteiger partial charge is 0.489 e. The molecular formula is C23H19ClO4S. The number of rotatable bonds is 5.